The lowest BCUT2D eigenvalue weighted by molar-refractivity contribution is -0.113. The molecule has 0 bridgehead atoms. The van der Waals surface area contributed by atoms with Crippen LogP contribution in [0.5, 0.6) is 0 Å². The fourth-order valence-electron chi connectivity index (χ4n) is 3.37. The molecular formula is C25H26BrN7O2S2. The zero-order chi connectivity index (χ0) is 26.6. The molecule has 0 aliphatic carbocycles. The van der Waals surface area contributed by atoms with Crippen LogP contribution in [0, 0.1) is 6.92 Å². The summed E-state index contributed by atoms with van der Waals surface area (Å²) in [6.07, 6.45) is 0. The summed E-state index contributed by atoms with van der Waals surface area (Å²) in [6, 6.07) is 15.3. The van der Waals surface area contributed by atoms with E-state index in [0.717, 1.165) is 20.7 Å². The van der Waals surface area contributed by atoms with Crippen molar-refractivity contribution >= 4 is 56.0 Å². The molecule has 0 saturated carbocycles. The molecular weight excluding hydrogens is 574 g/mol. The maximum Gasteiger partial charge on any atom is 0.251 e. The van der Waals surface area contributed by atoms with Crippen molar-refractivity contribution in [3.63, 3.8) is 0 Å². The number of aryl methyl sites for hydroxylation is 1. The van der Waals surface area contributed by atoms with E-state index in [4.69, 9.17) is 0 Å². The molecule has 192 valence electrons. The minimum Gasteiger partial charge on any atom is -0.345 e. The Labute approximate surface area is 231 Å². The van der Waals surface area contributed by atoms with Crippen molar-refractivity contribution in [2.45, 2.75) is 44.8 Å². The summed E-state index contributed by atoms with van der Waals surface area (Å²) in [5, 5.41) is 23.9. The normalized spacial score (nSPS) is 11.4. The molecule has 4 aromatic rings. The van der Waals surface area contributed by atoms with Crippen LogP contribution in [0.3, 0.4) is 0 Å². The number of amides is 2. The maximum atomic E-state index is 12.8. The lowest BCUT2D eigenvalue weighted by Crippen LogP contribution is -2.25. The highest BCUT2D eigenvalue weighted by atomic mass is 79.9. The quantitative estimate of drug-likeness (QED) is 0.269. The van der Waals surface area contributed by atoms with Crippen LogP contribution in [0.1, 0.15) is 47.5 Å². The van der Waals surface area contributed by atoms with Crippen molar-refractivity contribution in [3.8, 4) is 5.69 Å². The lowest BCUT2D eigenvalue weighted by Gasteiger charge is -2.19. The standard InChI is InChI=1S/C25H26BrN7O2S2/c1-15-29-31-23(37-15)28-21(34)14-36-24-32-30-20(33(24)19-11-9-18(26)10-12-19)13-27-22(35)16-5-7-17(8-6-16)25(2,3)4/h5-12H,13-14H2,1-4H3,(H,27,35)(H,28,31,34). The minimum absolute atomic E-state index is 0.0111. The molecule has 0 saturated heterocycles. The molecule has 4 rings (SSSR count). The van der Waals surface area contributed by atoms with Gasteiger partial charge in [0.15, 0.2) is 11.0 Å². The third-order valence-electron chi connectivity index (χ3n) is 5.31. The highest BCUT2D eigenvalue weighted by molar-refractivity contribution is 9.10. The average Bonchev–Trinajstić information content (AvgIpc) is 3.46. The smallest absolute Gasteiger partial charge is 0.251 e. The van der Waals surface area contributed by atoms with Gasteiger partial charge in [-0.25, -0.2) is 0 Å². The molecule has 2 amide bonds. The number of nitrogens with one attached hydrogen (secondary N) is 2. The zero-order valence-electron chi connectivity index (χ0n) is 20.8. The third kappa shape index (κ3) is 7.02. The van der Waals surface area contributed by atoms with Crippen LogP contribution in [0.2, 0.25) is 0 Å². The van der Waals surface area contributed by atoms with Crippen LogP contribution < -0.4 is 10.6 Å². The summed E-state index contributed by atoms with van der Waals surface area (Å²) in [7, 11) is 0. The van der Waals surface area contributed by atoms with Gasteiger partial charge < -0.3 is 5.32 Å². The highest BCUT2D eigenvalue weighted by Gasteiger charge is 2.18. The van der Waals surface area contributed by atoms with Crippen molar-refractivity contribution in [1.29, 1.82) is 0 Å². The number of hydrogen-bond acceptors (Lipinski definition) is 8. The Morgan fingerprint density at radius 3 is 2.32 bits per heavy atom. The fourth-order valence-corrected chi connectivity index (χ4v) is 5.02. The largest absolute Gasteiger partial charge is 0.345 e. The topological polar surface area (TPSA) is 115 Å². The minimum atomic E-state index is -0.222. The van der Waals surface area contributed by atoms with E-state index in [0.29, 0.717) is 21.7 Å². The lowest BCUT2D eigenvalue weighted by atomic mass is 9.87. The second kappa shape index (κ2) is 11.5. The maximum absolute atomic E-state index is 12.8. The van der Waals surface area contributed by atoms with Gasteiger partial charge in [0.25, 0.3) is 5.91 Å². The Hall–Kier alpha value is -3.09. The molecule has 37 heavy (non-hydrogen) atoms. The van der Waals surface area contributed by atoms with E-state index in [1.165, 1.54) is 23.1 Å². The van der Waals surface area contributed by atoms with Crippen LogP contribution >= 0.6 is 39.0 Å². The van der Waals surface area contributed by atoms with Gasteiger partial charge in [0.05, 0.1) is 12.3 Å². The Balaban J connectivity index is 1.48. The first-order valence-electron chi connectivity index (χ1n) is 11.4. The number of thioether (sulfide) groups is 1. The van der Waals surface area contributed by atoms with Gasteiger partial charge in [-0.1, -0.05) is 71.9 Å². The summed E-state index contributed by atoms with van der Waals surface area (Å²) < 4.78 is 2.77. The van der Waals surface area contributed by atoms with Crippen LogP contribution in [0.4, 0.5) is 5.13 Å². The Bertz CT molecular complexity index is 1390. The van der Waals surface area contributed by atoms with Gasteiger partial charge >= 0.3 is 0 Å². The number of nitrogens with zero attached hydrogens (tertiary/aromatic N) is 5. The Morgan fingerprint density at radius 1 is 1.00 bits per heavy atom. The van der Waals surface area contributed by atoms with Crippen molar-refractivity contribution < 1.29 is 9.59 Å². The SMILES string of the molecule is Cc1nnc(NC(=O)CSc2nnc(CNC(=O)c3ccc(C(C)(C)C)cc3)n2-c2ccc(Br)cc2)s1. The molecule has 0 aliphatic heterocycles. The monoisotopic (exact) mass is 599 g/mol. The fraction of sp³-hybridized carbons (Fsp3) is 0.280. The molecule has 2 aromatic carbocycles. The first kappa shape index (κ1) is 27.0. The van der Waals surface area contributed by atoms with E-state index in [9.17, 15) is 9.59 Å². The number of anilines is 1. The summed E-state index contributed by atoms with van der Waals surface area (Å²) in [5.41, 5.74) is 2.55. The second-order valence-corrected chi connectivity index (χ2v) is 12.2. The number of carbonyl (C=O) groups excluding carboxylic acids is 2. The second-order valence-electron chi connectivity index (χ2n) is 9.18. The third-order valence-corrected chi connectivity index (χ3v) is 7.52. The van der Waals surface area contributed by atoms with Crippen molar-refractivity contribution in [3.05, 3.63) is 75.0 Å². The molecule has 2 aromatic heterocycles. The molecule has 0 unspecified atom stereocenters. The van der Waals surface area contributed by atoms with Gasteiger partial charge in [-0.2, -0.15) is 0 Å². The Kier molecular flexibility index (Phi) is 8.40. The number of benzene rings is 2. The van der Waals surface area contributed by atoms with Gasteiger partial charge in [-0.3, -0.25) is 19.5 Å². The zero-order valence-corrected chi connectivity index (χ0v) is 24.0. The average molecular weight is 601 g/mol. The Morgan fingerprint density at radius 2 is 1.70 bits per heavy atom. The number of hydrogen-bond donors (Lipinski definition) is 2. The summed E-state index contributed by atoms with van der Waals surface area (Å²) in [5.74, 6) is 0.233. The number of halogens is 1. The van der Waals surface area contributed by atoms with Gasteiger partial charge in [0.2, 0.25) is 11.0 Å². The molecule has 0 fully saturated rings. The van der Waals surface area contributed by atoms with Gasteiger partial charge in [-0.05, 0) is 54.3 Å². The molecule has 12 heteroatoms. The van der Waals surface area contributed by atoms with E-state index in [-0.39, 0.29) is 29.5 Å². The number of rotatable bonds is 8. The molecule has 0 atom stereocenters. The van der Waals surface area contributed by atoms with Gasteiger partial charge in [-0.15, -0.1) is 20.4 Å². The molecule has 0 spiro atoms. The van der Waals surface area contributed by atoms with Crippen LogP contribution in [-0.4, -0.2) is 42.5 Å². The predicted molar refractivity (Wildman–Crippen MR) is 149 cm³/mol. The summed E-state index contributed by atoms with van der Waals surface area (Å²) >= 11 is 6.01. The number of carbonyl (C=O) groups is 2. The van der Waals surface area contributed by atoms with E-state index in [2.05, 4.69) is 67.7 Å². The van der Waals surface area contributed by atoms with Crippen molar-refractivity contribution in [2.75, 3.05) is 11.1 Å². The summed E-state index contributed by atoms with van der Waals surface area (Å²) in [4.78, 5) is 25.3. The molecule has 2 N–H and O–H groups in total. The molecule has 9 nitrogen and oxygen atoms in total. The van der Waals surface area contributed by atoms with Crippen LogP contribution in [0.15, 0.2) is 58.2 Å². The highest BCUT2D eigenvalue weighted by Crippen LogP contribution is 2.25. The first-order chi connectivity index (χ1) is 17.6. The van der Waals surface area contributed by atoms with E-state index < -0.39 is 0 Å². The first-order valence-corrected chi connectivity index (χ1v) is 14.0. The van der Waals surface area contributed by atoms with Gasteiger partial charge in [0, 0.05) is 15.7 Å². The van der Waals surface area contributed by atoms with E-state index >= 15 is 0 Å². The van der Waals surface area contributed by atoms with Crippen molar-refractivity contribution in [1.82, 2.24) is 30.3 Å². The van der Waals surface area contributed by atoms with Crippen LogP contribution in [0.25, 0.3) is 5.69 Å². The summed E-state index contributed by atoms with van der Waals surface area (Å²) in [6.45, 7) is 8.39. The van der Waals surface area contributed by atoms with E-state index in [1.54, 1.807) is 0 Å². The predicted octanol–water partition coefficient (Wildman–Crippen LogP) is 5.15. The molecule has 0 aliphatic rings. The van der Waals surface area contributed by atoms with Crippen molar-refractivity contribution in [2.24, 2.45) is 0 Å². The van der Waals surface area contributed by atoms with Crippen LogP contribution in [-0.2, 0) is 16.8 Å². The molecule has 0 radical (unpaired) electrons. The van der Waals surface area contributed by atoms with Gasteiger partial charge in [0.1, 0.15) is 5.01 Å². The van der Waals surface area contributed by atoms with E-state index in [1.807, 2.05) is 60.0 Å². The number of aromatic nitrogens is 5. The molecule has 2 heterocycles.